The number of aliphatic hydroxyl groups excluding tert-OH is 2. The molecule has 0 aliphatic heterocycles. The van der Waals surface area contributed by atoms with E-state index in [0.29, 0.717) is 18.6 Å². The molecule has 0 atom stereocenters. The van der Waals surface area contributed by atoms with Crippen LogP contribution in [0.2, 0.25) is 0 Å². The summed E-state index contributed by atoms with van der Waals surface area (Å²) in [6.45, 7) is 0.596. The van der Waals surface area contributed by atoms with E-state index in [9.17, 15) is 0 Å². The lowest BCUT2D eigenvalue weighted by Gasteiger charge is -2.31. The van der Waals surface area contributed by atoms with E-state index in [1.54, 1.807) is 0 Å². The fourth-order valence-electron chi connectivity index (χ4n) is 2.38. The molecule has 0 fully saturated rings. The first-order valence-corrected chi connectivity index (χ1v) is 6.39. The SMILES string of the molecule is OCCCCC1(CCCCO)C=CC=CC1. The summed E-state index contributed by atoms with van der Waals surface area (Å²) in [5.41, 5.74) is 0.291. The molecule has 0 saturated carbocycles. The van der Waals surface area contributed by atoms with E-state index in [1.165, 1.54) is 0 Å². The second-order valence-electron chi connectivity index (χ2n) is 4.72. The molecule has 0 bridgehead atoms. The van der Waals surface area contributed by atoms with Gasteiger partial charge in [-0.1, -0.05) is 37.1 Å². The molecular weight excluding hydrogens is 200 g/mol. The zero-order valence-electron chi connectivity index (χ0n) is 10.1. The molecule has 0 heterocycles. The first-order valence-electron chi connectivity index (χ1n) is 6.39. The molecule has 2 nitrogen and oxygen atoms in total. The molecule has 92 valence electrons. The van der Waals surface area contributed by atoms with Crippen LogP contribution in [0.25, 0.3) is 0 Å². The molecule has 2 heteroatoms. The molecule has 0 unspecified atom stereocenters. The minimum atomic E-state index is 0.291. The third-order valence-electron chi connectivity index (χ3n) is 3.39. The molecule has 0 spiro atoms. The molecule has 2 N–H and O–H groups in total. The Hall–Kier alpha value is -0.600. The fourth-order valence-corrected chi connectivity index (χ4v) is 2.38. The van der Waals surface area contributed by atoms with E-state index in [2.05, 4.69) is 24.3 Å². The van der Waals surface area contributed by atoms with Gasteiger partial charge in [-0.05, 0) is 37.5 Å². The first-order chi connectivity index (χ1) is 7.83. The van der Waals surface area contributed by atoms with Crippen molar-refractivity contribution in [3.8, 4) is 0 Å². The van der Waals surface area contributed by atoms with E-state index < -0.39 is 0 Å². The van der Waals surface area contributed by atoms with E-state index in [-0.39, 0.29) is 0 Å². The van der Waals surface area contributed by atoms with Crippen molar-refractivity contribution in [1.29, 1.82) is 0 Å². The van der Waals surface area contributed by atoms with E-state index >= 15 is 0 Å². The molecule has 0 radical (unpaired) electrons. The second kappa shape index (κ2) is 7.64. The maximum absolute atomic E-state index is 8.83. The highest BCUT2D eigenvalue weighted by Gasteiger charge is 2.25. The van der Waals surface area contributed by atoms with Gasteiger partial charge in [0.1, 0.15) is 0 Å². The first kappa shape index (κ1) is 13.5. The van der Waals surface area contributed by atoms with Gasteiger partial charge in [0.25, 0.3) is 0 Å². The molecule has 0 aromatic heterocycles. The van der Waals surface area contributed by atoms with Crippen LogP contribution < -0.4 is 0 Å². The largest absolute Gasteiger partial charge is 0.396 e. The van der Waals surface area contributed by atoms with Gasteiger partial charge in [-0.2, -0.15) is 0 Å². The number of hydrogen-bond donors (Lipinski definition) is 2. The highest BCUT2D eigenvalue weighted by molar-refractivity contribution is 5.16. The summed E-state index contributed by atoms with van der Waals surface area (Å²) in [7, 11) is 0. The van der Waals surface area contributed by atoms with Gasteiger partial charge in [-0.25, -0.2) is 0 Å². The predicted octanol–water partition coefficient (Wildman–Crippen LogP) is 2.81. The van der Waals surface area contributed by atoms with Crippen LogP contribution in [-0.2, 0) is 0 Å². The Balaban J connectivity index is 2.41. The maximum Gasteiger partial charge on any atom is 0.0431 e. The van der Waals surface area contributed by atoms with Crippen LogP contribution in [0.5, 0.6) is 0 Å². The molecule has 1 aliphatic carbocycles. The van der Waals surface area contributed by atoms with Gasteiger partial charge in [-0.3, -0.25) is 0 Å². The van der Waals surface area contributed by atoms with Crippen LogP contribution >= 0.6 is 0 Å². The zero-order valence-corrected chi connectivity index (χ0v) is 10.1. The minimum absolute atomic E-state index is 0.291. The van der Waals surface area contributed by atoms with E-state index in [0.717, 1.165) is 44.9 Å². The fraction of sp³-hybridized carbons (Fsp3) is 0.714. The Morgan fingerprint density at radius 3 is 1.94 bits per heavy atom. The normalized spacial score (nSPS) is 17.9. The van der Waals surface area contributed by atoms with Crippen LogP contribution in [0.4, 0.5) is 0 Å². The third kappa shape index (κ3) is 4.50. The number of hydrogen-bond acceptors (Lipinski definition) is 2. The van der Waals surface area contributed by atoms with Crippen molar-refractivity contribution in [3.63, 3.8) is 0 Å². The highest BCUT2D eigenvalue weighted by atomic mass is 16.3. The monoisotopic (exact) mass is 224 g/mol. The van der Waals surface area contributed by atoms with Crippen LogP contribution in [0, 0.1) is 5.41 Å². The molecule has 0 aromatic carbocycles. The topological polar surface area (TPSA) is 40.5 Å². The molecule has 1 rings (SSSR count). The van der Waals surface area contributed by atoms with Crippen LogP contribution in [0.15, 0.2) is 24.3 Å². The smallest absolute Gasteiger partial charge is 0.0431 e. The van der Waals surface area contributed by atoms with Crippen molar-refractivity contribution in [2.45, 2.75) is 44.9 Å². The van der Waals surface area contributed by atoms with Gasteiger partial charge >= 0.3 is 0 Å². The molecule has 1 aliphatic rings. The Kier molecular flexibility index (Phi) is 6.43. The lowest BCUT2D eigenvalue weighted by molar-refractivity contribution is 0.241. The highest BCUT2D eigenvalue weighted by Crippen LogP contribution is 2.38. The standard InChI is InChI=1S/C14H24O2/c15-12-6-4-10-14(11-5-7-13-16)8-2-1-3-9-14/h1-3,8,15-16H,4-7,9-13H2. The van der Waals surface area contributed by atoms with Crippen LogP contribution in [0.3, 0.4) is 0 Å². The van der Waals surface area contributed by atoms with Crippen LogP contribution in [0.1, 0.15) is 44.9 Å². The van der Waals surface area contributed by atoms with Crippen molar-refractivity contribution < 1.29 is 10.2 Å². The van der Waals surface area contributed by atoms with Crippen molar-refractivity contribution >= 4 is 0 Å². The lowest BCUT2D eigenvalue weighted by atomic mass is 9.74. The second-order valence-corrected chi connectivity index (χ2v) is 4.72. The minimum Gasteiger partial charge on any atom is -0.396 e. The average molecular weight is 224 g/mol. The number of unbranched alkanes of at least 4 members (excludes halogenated alkanes) is 2. The van der Waals surface area contributed by atoms with E-state index in [4.69, 9.17) is 10.2 Å². The van der Waals surface area contributed by atoms with Crippen molar-refractivity contribution in [2.24, 2.45) is 5.41 Å². The molecular formula is C14H24O2. The summed E-state index contributed by atoms with van der Waals surface area (Å²) in [5, 5.41) is 17.7. The number of aliphatic hydroxyl groups is 2. The average Bonchev–Trinajstić information content (AvgIpc) is 2.31. The van der Waals surface area contributed by atoms with Gasteiger partial charge in [-0.15, -0.1) is 0 Å². The van der Waals surface area contributed by atoms with Crippen molar-refractivity contribution in [2.75, 3.05) is 13.2 Å². The Morgan fingerprint density at radius 2 is 1.50 bits per heavy atom. The summed E-state index contributed by atoms with van der Waals surface area (Å²) in [6.07, 6.45) is 16.2. The van der Waals surface area contributed by atoms with Gasteiger partial charge in [0.05, 0.1) is 0 Å². The summed E-state index contributed by atoms with van der Waals surface area (Å²) >= 11 is 0. The van der Waals surface area contributed by atoms with Crippen molar-refractivity contribution in [3.05, 3.63) is 24.3 Å². The Labute approximate surface area is 98.7 Å². The summed E-state index contributed by atoms with van der Waals surface area (Å²) in [5.74, 6) is 0. The molecule has 0 amide bonds. The summed E-state index contributed by atoms with van der Waals surface area (Å²) < 4.78 is 0. The van der Waals surface area contributed by atoms with Crippen molar-refractivity contribution in [1.82, 2.24) is 0 Å². The molecule has 16 heavy (non-hydrogen) atoms. The van der Waals surface area contributed by atoms with E-state index in [1.807, 2.05) is 0 Å². The Morgan fingerprint density at radius 1 is 0.875 bits per heavy atom. The summed E-state index contributed by atoms with van der Waals surface area (Å²) in [4.78, 5) is 0. The number of allylic oxidation sites excluding steroid dienone is 4. The molecule has 0 saturated heterocycles. The van der Waals surface area contributed by atoms with Gasteiger partial charge < -0.3 is 10.2 Å². The van der Waals surface area contributed by atoms with Gasteiger partial charge in [0.2, 0.25) is 0 Å². The van der Waals surface area contributed by atoms with Crippen LogP contribution in [-0.4, -0.2) is 23.4 Å². The number of rotatable bonds is 8. The maximum atomic E-state index is 8.83. The molecule has 0 aromatic rings. The lowest BCUT2D eigenvalue weighted by Crippen LogP contribution is -2.19. The zero-order chi connectivity index (χ0) is 11.7. The third-order valence-corrected chi connectivity index (χ3v) is 3.39. The van der Waals surface area contributed by atoms with Gasteiger partial charge in [0.15, 0.2) is 0 Å². The summed E-state index contributed by atoms with van der Waals surface area (Å²) in [6, 6.07) is 0. The predicted molar refractivity (Wildman–Crippen MR) is 67.2 cm³/mol. The quantitative estimate of drug-likeness (QED) is 0.622. The Bertz CT molecular complexity index is 221. The van der Waals surface area contributed by atoms with Gasteiger partial charge in [0, 0.05) is 13.2 Å².